The van der Waals surface area contributed by atoms with Gasteiger partial charge in [0, 0.05) is 18.7 Å². The lowest BCUT2D eigenvalue weighted by molar-refractivity contribution is 0.173. The second-order valence-corrected chi connectivity index (χ2v) is 6.50. The summed E-state index contributed by atoms with van der Waals surface area (Å²) < 4.78 is 0. The van der Waals surface area contributed by atoms with Crippen molar-refractivity contribution < 1.29 is 0 Å². The van der Waals surface area contributed by atoms with E-state index in [4.69, 9.17) is 11.1 Å². The van der Waals surface area contributed by atoms with E-state index in [1.54, 1.807) is 0 Å². The van der Waals surface area contributed by atoms with E-state index >= 15 is 0 Å². The van der Waals surface area contributed by atoms with Crippen molar-refractivity contribution in [2.24, 2.45) is 11.7 Å². The Morgan fingerprint density at radius 1 is 1.38 bits per heavy atom. The van der Waals surface area contributed by atoms with Crippen LogP contribution in [0.15, 0.2) is 18.2 Å². The Morgan fingerprint density at radius 3 is 2.62 bits per heavy atom. The highest BCUT2D eigenvalue weighted by Crippen LogP contribution is 2.19. The molecular formula is C17H28N4. The van der Waals surface area contributed by atoms with Crippen LogP contribution in [0.25, 0.3) is 0 Å². The van der Waals surface area contributed by atoms with Gasteiger partial charge in [-0.2, -0.15) is 0 Å². The number of rotatable bonds is 5. The molecule has 4 nitrogen and oxygen atoms in total. The van der Waals surface area contributed by atoms with Crippen LogP contribution < -0.4 is 5.73 Å². The van der Waals surface area contributed by atoms with E-state index in [0.717, 1.165) is 18.0 Å². The molecule has 21 heavy (non-hydrogen) atoms. The molecule has 0 amide bonds. The van der Waals surface area contributed by atoms with Gasteiger partial charge in [0.2, 0.25) is 0 Å². The first-order valence-electron chi connectivity index (χ1n) is 7.76. The smallest absolute Gasteiger partial charge is 0.122 e. The molecule has 1 aliphatic rings. The third kappa shape index (κ3) is 4.55. The molecule has 1 aromatic carbocycles. The SMILES string of the molecule is Cc1cc(C(=N)N)ccc1CN(C)CC1CCN(C)CC1. The third-order valence-electron chi connectivity index (χ3n) is 4.50. The third-order valence-corrected chi connectivity index (χ3v) is 4.50. The van der Waals surface area contributed by atoms with Crippen LogP contribution in [0, 0.1) is 18.3 Å². The zero-order chi connectivity index (χ0) is 15.4. The maximum Gasteiger partial charge on any atom is 0.122 e. The average molecular weight is 288 g/mol. The van der Waals surface area contributed by atoms with E-state index in [2.05, 4.69) is 36.9 Å². The summed E-state index contributed by atoms with van der Waals surface area (Å²) in [4.78, 5) is 4.84. The molecule has 4 heteroatoms. The Morgan fingerprint density at radius 2 is 2.05 bits per heavy atom. The summed E-state index contributed by atoms with van der Waals surface area (Å²) in [6.45, 7) is 6.69. The van der Waals surface area contributed by atoms with Crippen LogP contribution in [0.3, 0.4) is 0 Å². The van der Waals surface area contributed by atoms with Crippen molar-refractivity contribution in [1.82, 2.24) is 9.80 Å². The number of likely N-dealkylation sites (tertiary alicyclic amines) is 1. The molecule has 1 fully saturated rings. The zero-order valence-electron chi connectivity index (χ0n) is 13.5. The van der Waals surface area contributed by atoms with Crippen molar-refractivity contribution in [2.45, 2.75) is 26.3 Å². The summed E-state index contributed by atoms with van der Waals surface area (Å²) in [6.07, 6.45) is 2.62. The molecule has 116 valence electrons. The molecule has 1 heterocycles. The highest BCUT2D eigenvalue weighted by molar-refractivity contribution is 5.95. The maximum absolute atomic E-state index is 7.49. The summed E-state index contributed by atoms with van der Waals surface area (Å²) in [6, 6.07) is 6.08. The molecule has 1 saturated heterocycles. The van der Waals surface area contributed by atoms with Crippen molar-refractivity contribution in [3.8, 4) is 0 Å². The lowest BCUT2D eigenvalue weighted by Crippen LogP contribution is -2.35. The quantitative estimate of drug-likeness (QED) is 0.644. The van der Waals surface area contributed by atoms with E-state index in [1.807, 2.05) is 12.1 Å². The number of nitrogens with one attached hydrogen (secondary N) is 1. The van der Waals surface area contributed by atoms with Gasteiger partial charge in [0.1, 0.15) is 5.84 Å². The molecule has 0 bridgehead atoms. The Balaban J connectivity index is 1.90. The van der Waals surface area contributed by atoms with Crippen molar-refractivity contribution in [3.63, 3.8) is 0 Å². The predicted octanol–water partition coefficient (Wildman–Crippen LogP) is 2.05. The van der Waals surface area contributed by atoms with Crippen LogP contribution in [-0.4, -0.2) is 49.4 Å². The second-order valence-electron chi connectivity index (χ2n) is 6.50. The molecule has 1 aromatic rings. The van der Waals surface area contributed by atoms with Crippen molar-refractivity contribution >= 4 is 5.84 Å². The van der Waals surface area contributed by atoms with Gasteiger partial charge in [-0.15, -0.1) is 0 Å². The number of aryl methyl sites for hydroxylation is 1. The number of benzene rings is 1. The zero-order valence-corrected chi connectivity index (χ0v) is 13.5. The van der Waals surface area contributed by atoms with E-state index in [-0.39, 0.29) is 5.84 Å². The number of nitrogens with zero attached hydrogens (tertiary/aromatic N) is 2. The Kier molecular flexibility index (Phi) is 5.37. The number of piperidine rings is 1. The molecule has 0 aromatic heterocycles. The molecule has 0 radical (unpaired) electrons. The first-order chi connectivity index (χ1) is 9.95. The highest BCUT2D eigenvalue weighted by atomic mass is 15.1. The topological polar surface area (TPSA) is 56.4 Å². The average Bonchev–Trinajstić information content (AvgIpc) is 2.43. The maximum atomic E-state index is 7.49. The first-order valence-corrected chi connectivity index (χ1v) is 7.76. The highest BCUT2D eigenvalue weighted by Gasteiger charge is 2.18. The minimum atomic E-state index is 0.143. The predicted molar refractivity (Wildman–Crippen MR) is 88.8 cm³/mol. The van der Waals surface area contributed by atoms with Gasteiger partial charge in [-0.05, 0) is 70.1 Å². The Bertz CT molecular complexity index is 490. The van der Waals surface area contributed by atoms with E-state index in [0.29, 0.717) is 0 Å². The summed E-state index contributed by atoms with van der Waals surface area (Å²) in [5.41, 5.74) is 8.90. The Hall–Kier alpha value is -1.39. The molecule has 0 spiro atoms. The van der Waals surface area contributed by atoms with Gasteiger partial charge >= 0.3 is 0 Å². The summed E-state index contributed by atoms with van der Waals surface area (Å²) in [5, 5.41) is 7.49. The number of hydrogen-bond donors (Lipinski definition) is 2. The number of nitrogens with two attached hydrogens (primary N) is 1. The fourth-order valence-electron chi connectivity index (χ4n) is 3.08. The van der Waals surface area contributed by atoms with Gasteiger partial charge in [-0.1, -0.05) is 12.1 Å². The van der Waals surface area contributed by atoms with Gasteiger partial charge in [-0.25, -0.2) is 0 Å². The van der Waals surface area contributed by atoms with Crippen LogP contribution in [0.2, 0.25) is 0 Å². The molecule has 3 N–H and O–H groups in total. The number of amidine groups is 1. The van der Waals surface area contributed by atoms with Crippen molar-refractivity contribution in [3.05, 3.63) is 34.9 Å². The normalized spacial score (nSPS) is 17.3. The first kappa shape index (κ1) is 16.0. The van der Waals surface area contributed by atoms with Crippen molar-refractivity contribution in [1.29, 1.82) is 5.41 Å². The van der Waals surface area contributed by atoms with Gasteiger partial charge in [0.25, 0.3) is 0 Å². The fraction of sp³-hybridized carbons (Fsp3) is 0.588. The molecule has 0 aliphatic carbocycles. The molecule has 0 atom stereocenters. The molecule has 0 unspecified atom stereocenters. The van der Waals surface area contributed by atoms with Gasteiger partial charge in [-0.3, -0.25) is 5.41 Å². The van der Waals surface area contributed by atoms with Crippen LogP contribution in [0.5, 0.6) is 0 Å². The van der Waals surface area contributed by atoms with E-state index < -0.39 is 0 Å². The minimum absolute atomic E-state index is 0.143. The van der Waals surface area contributed by atoms with Crippen molar-refractivity contribution in [2.75, 3.05) is 33.7 Å². The van der Waals surface area contributed by atoms with E-state index in [9.17, 15) is 0 Å². The Labute approximate surface area is 128 Å². The number of nitrogen functional groups attached to an aromatic ring is 1. The fourth-order valence-corrected chi connectivity index (χ4v) is 3.08. The van der Waals surface area contributed by atoms with Crippen LogP contribution in [-0.2, 0) is 6.54 Å². The molecular weight excluding hydrogens is 260 g/mol. The number of hydrogen-bond acceptors (Lipinski definition) is 3. The summed E-state index contributed by atoms with van der Waals surface area (Å²) in [5.74, 6) is 0.965. The van der Waals surface area contributed by atoms with Gasteiger partial charge < -0.3 is 15.5 Å². The largest absolute Gasteiger partial charge is 0.384 e. The van der Waals surface area contributed by atoms with Gasteiger partial charge in [0.05, 0.1) is 0 Å². The molecule has 0 saturated carbocycles. The van der Waals surface area contributed by atoms with Crippen LogP contribution in [0.1, 0.15) is 29.5 Å². The molecule has 2 rings (SSSR count). The van der Waals surface area contributed by atoms with E-state index in [1.165, 1.54) is 43.6 Å². The second kappa shape index (κ2) is 7.05. The monoisotopic (exact) mass is 288 g/mol. The van der Waals surface area contributed by atoms with Crippen LogP contribution in [0.4, 0.5) is 0 Å². The van der Waals surface area contributed by atoms with Crippen LogP contribution >= 0.6 is 0 Å². The van der Waals surface area contributed by atoms with Gasteiger partial charge in [0.15, 0.2) is 0 Å². The lowest BCUT2D eigenvalue weighted by atomic mass is 9.96. The lowest BCUT2D eigenvalue weighted by Gasteiger charge is -2.31. The summed E-state index contributed by atoms with van der Waals surface area (Å²) >= 11 is 0. The standard InChI is InChI=1S/C17H28N4/c1-13-10-15(17(18)19)4-5-16(13)12-21(3)11-14-6-8-20(2)9-7-14/h4-5,10,14H,6-9,11-12H2,1-3H3,(H3,18,19). The molecule has 1 aliphatic heterocycles. The summed E-state index contributed by atoms with van der Waals surface area (Å²) in [7, 11) is 4.41. The minimum Gasteiger partial charge on any atom is -0.384 e.